The first-order valence-electron chi connectivity index (χ1n) is 5.45. The molecule has 16 heavy (non-hydrogen) atoms. The Balaban J connectivity index is 2.73. The van der Waals surface area contributed by atoms with Crippen molar-refractivity contribution in [3.63, 3.8) is 0 Å². The van der Waals surface area contributed by atoms with Gasteiger partial charge in [-0.15, -0.1) is 0 Å². The Kier molecular flexibility index (Phi) is 2.69. The van der Waals surface area contributed by atoms with Crippen molar-refractivity contribution in [2.45, 2.75) is 26.7 Å². The van der Waals surface area contributed by atoms with Gasteiger partial charge in [0.25, 0.3) is 0 Å². The van der Waals surface area contributed by atoms with Crippen LogP contribution in [-0.2, 0) is 12.8 Å². The first-order valence-corrected chi connectivity index (χ1v) is 5.45. The fourth-order valence-electron chi connectivity index (χ4n) is 1.94. The van der Waals surface area contributed by atoms with Gasteiger partial charge in [-0.1, -0.05) is 19.9 Å². The molecule has 0 radical (unpaired) electrons. The number of carboxylic acid groups (broad SMARTS) is 1. The van der Waals surface area contributed by atoms with E-state index in [1.165, 1.54) is 5.56 Å². The molecule has 2 rings (SSSR count). The van der Waals surface area contributed by atoms with Gasteiger partial charge in [-0.3, -0.25) is 0 Å². The molecular formula is C13H14O3. The number of aryl methyl sites for hydroxylation is 2. The van der Waals surface area contributed by atoms with Gasteiger partial charge < -0.3 is 9.52 Å². The highest BCUT2D eigenvalue weighted by Gasteiger charge is 2.18. The summed E-state index contributed by atoms with van der Waals surface area (Å²) < 4.78 is 5.35. The van der Waals surface area contributed by atoms with Crippen LogP contribution in [0.2, 0.25) is 0 Å². The largest absolute Gasteiger partial charge is 0.475 e. The van der Waals surface area contributed by atoms with E-state index in [4.69, 9.17) is 9.52 Å². The standard InChI is InChI=1S/C13H14O3/c1-3-8-5-6-11-10(7-8)9(4-2)12(16-11)13(14)15/h5-7H,3-4H2,1-2H3,(H,14,15). The van der Waals surface area contributed by atoms with Gasteiger partial charge in [0.05, 0.1) is 0 Å². The van der Waals surface area contributed by atoms with Gasteiger partial charge in [0, 0.05) is 10.9 Å². The van der Waals surface area contributed by atoms with Crippen molar-refractivity contribution in [1.29, 1.82) is 0 Å². The molecule has 1 aromatic carbocycles. The Morgan fingerprint density at radius 2 is 2.06 bits per heavy atom. The van der Waals surface area contributed by atoms with Crippen LogP contribution in [0.25, 0.3) is 11.0 Å². The fraction of sp³-hybridized carbons (Fsp3) is 0.308. The predicted octanol–water partition coefficient (Wildman–Crippen LogP) is 3.26. The van der Waals surface area contributed by atoms with Gasteiger partial charge >= 0.3 is 5.97 Å². The lowest BCUT2D eigenvalue weighted by Crippen LogP contribution is -1.97. The number of benzene rings is 1. The molecule has 84 valence electrons. The zero-order chi connectivity index (χ0) is 11.7. The second kappa shape index (κ2) is 4.00. The maximum Gasteiger partial charge on any atom is 0.372 e. The molecule has 1 heterocycles. The van der Waals surface area contributed by atoms with Gasteiger partial charge in [-0.25, -0.2) is 4.79 Å². The van der Waals surface area contributed by atoms with E-state index in [9.17, 15) is 4.79 Å². The fourth-order valence-corrected chi connectivity index (χ4v) is 1.94. The summed E-state index contributed by atoms with van der Waals surface area (Å²) in [4.78, 5) is 11.0. The molecule has 0 saturated heterocycles. The van der Waals surface area contributed by atoms with E-state index in [0.717, 1.165) is 17.4 Å². The number of furan rings is 1. The quantitative estimate of drug-likeness (QED) is 0.860. The Morgan fingerprint density at radius 3 is 2.62 bits per heavy atom. The van der Waals surface area contributed by atoms with Crippen LogP contribution in [0.4, 0.5) is 0 Å². The summed E-state index contributed by atoms with van der Waals surface area (Å²) in [6.07, 6.45) is 1.61. The summed E-state index contributed by atoms with van der Waals surface area (Å²) in [5.74, 6) is -0.920. The number of hydrogen-bond acceptors (Lipinski definition) is 2. The normalized spacial score (nSPS) is 10.9. The van der Waals surface area contributed by atoms with Gasteiger partial charge in [0.2, 0.25) is 5.76 Å². The van der Waals surface area contributed by atoms with E-state index in [-0.39, 0.29) is 5.76 Å². The van der Waals surface area contributed by atoms with Crippen LogP contribution >= 0.6 is 0 Å². The number of hydrogen-bond donors (Lipinski definition) is 1. The van der Waals surface area contributed by atoms with Crippen LogP contribution in [-0.4, -0.2) is 11.1 Å². The van der Waals surface area contributed by atoms with Crippen molar-refractivity contribution in [1.82, 2.24) is 0 Å². The van der Waals surface area contributed by atoms with Crippen LogP contribution < -0.4 is 0 Å². The first-order chi connectivity index (χ1) is 7.67. The van der Waals surface area contributed by atoms with Crippen molar-refractivity contribution in [2.24, 2.45) is 0 Å². The lowest BCUT2D eigenvalue weighted by atomic mass is 10.0. The van der Waals surface area contributed by atoms with Crippen molar-refractivity contribution in [3.05, 3.63) is 35.1 Å². The molecule has 0 spiro atoms. The Bertz CT molecular complexity index is 537. The Hall–Kier alpha value is -1.77. The molecule has 0 amide bonds. The molecule has 0 bridgehead atoms. The van der Waals surface area contributed by atoms with Crippen LogP contribution in [0.1, 0.15) is 35.5 Å². The molecule has 1 N–H and O–H groups in total. The number of rotatable bonds is 3. The molecule has 0 aliphatic rings. The first kappa shape index (κ1) is 10.7. The van der Waals surface area contributed by atoms with E-state index in [1.54, 1.807) is 0 Å². The van der Waals surface area contributed by atoms with E-state index in [0.29, 0.717) is 12.0 Å². The average Bonchev–Trinajstić information content (AvgIpc) is 2.66. The smallest absolute Gasteiger partial charge is 0.372 e. The minimum absolute atomic E-state index is 0.0748. The Labute approximate surface area is 93.7 Å². The van der Waals surface area contributed by atoms with Gasteiger partial charge in [-0.05, 0) is 30.5 Å². The monoisotopic (exact) mass is 218 g/mol. The lowest BCUT2D eigenvalue weighted by Gasteiger charge is -1.97. The van der Waals surface area contributed by atoms with Gasteiger partial charge in [-0.2, -0.15) is 0 Å². The van der Waals surface area contributed by atoms with Crippen LogP contribution in [0, 0.1) is 0 Å². The van der Waals surface area contributed by atoms with Gasteiger partial charge in [0.15, 0.2) is 0 Å². The number of carboxylic acids is 1. The molecule has 3 heteroatoms. The third-order valence-electron chi connectivity index (χ3n) is 2.81. The molecule has 1 aromatic heterocycles. The summed E-state index contributed by atoms with van der Waals surface area (Å²) in [5.41, 5.74) is 2.64. The number of aromatic carboxylic acids is 1. The lowest BCUT2D eigenvalue weighted by molar-refractivity contribution is 0.0663. The van der Waals surface area contributed by atoms with Crippen molar-refractivity contribution >= 4 is 16.9 Å². The van der Waals surface area contributed by atoms with Crippen LogP contribution in [0.15, 0.2) is 22.6 Å². The van der Waals surface area contributed by atoms with E-state index < -0.39 is 5.97 Å². The summed E-state index contributed by atoms with van der Waals surface area (Å²) in [6, 6.07) is 5.83. The highest BCUT2D eigenvalue weighted by Crippen LogP contribution is 2.27. The molecule has 0 aliphatic heterocycles. The van der Waals surface area contributed by atoms with E-state index >= 15 is 0 Å². The van der Waals surface area contributed by atoms with Crippen LogP contribution in [0.3, 0.4) is 0 Å². The highest BCUT2D eigenvalue weighted by atomic mass is 16.4. The third-order valence-corrected chi connectivity index (χ3v) is 2.81. The summed E-state index contributed by atoms with van der Waals surface area (Å²) in [6.45, 7) is 4.01. The average molecular weight is 218 g/mol. The second-order valence-electron chi connectivity index (χ2n) is 3.75. The molecule has 0 fully saturated rings. The van der Waals surface area contributed by atoms with E-state index in [1.807, 2.05) is 25.1 Å². The van der Waals surface area contributed by atoms with Crippen molar-refractivity contribution in [2.75, 3.05) is 0 Å². The molecule has 3 nitrogen and oxygen atoms in total. The predicted molar refractivity (Wildman–Crippen MR) is 61.9 cm³/mol. The zero-order valence-electron chi connectivity index (χ0n) is 9.41. The van der Waals surface area contributed by atoms with Crippen LogP contribution in [0.5, 0.6) is 0 Å². The topological polar surface area (TPSA) is 50.4 Å². The molecule has 0 unspecified atom stereocenters. The third kappa shape index (κ3) is 1.58. The zero-order valence-corrected chi connectivity index (χ0v) is 9.41. The molecule has 0 saturated carbocycles. The minimum atomic E-state index is -0.994. The SMILES string of the molecule is CCc1ccc2oc(C(=O)O)c(CC)c2c1. The minimum Gasteiger partial charge on any atom is -0.475 e. The summed E-state index contributed by atoms with van der Waals surface area (Å²) in [5, 5.41) is 9.96. The summed E-state index contributed by atoms with van der Waals surface area (Å²) >= 11 is 0. The van der Waals surface area contributed by atoms with Gasteiger partial charge in [0.1, 0.15) is 5.58 Å². The van der Waals surface area contributed by atoms with Crippen molar-refractivity contribution in [3.8, 4) is 0 Å². The van der Waals surface area contributed by atoms with Crippen molar-refractivity contribution < 1.29 is 14.3 Å². The number of carbonyl (C=O) groups is 1. The molecule has 0 aliphatic carbocycles. The highest BCUT2D eigenvalue weighted by molar-refractivity contribution is 5.95. The molecular weight excluding hydrogens is 204 g/mol. The maximum absolute atomic E-state index is 11.0. The van der Waals surface area contributed by atoms with E-state index in [2.05, 4.69) is 6.92 Å². The molecule has 2 aromatic rings. The number of fused-ring (bicyclic) bond motifs is 1. The maximum atomic E-state index is 11.0. The molecule has 0 atom stereocenters. The second-order valence-corrected chi connectivity index (χ2v) is 3.75. The summed E-state index contributed by atoms with van der Waals surface area (Å²) in [7, 11) is 0. The Morgan fingerprint density at radius 1 is 1.31 bits per heavy atom.